The third kappa shape index (κ3) is 5.29. The second kappa shape index (κ2) is 7.62. The molecule has 0 aromatic carbocycles. The Hall–Kier alpha value is -1.65. The number of methoxy groups -OCH3 is 1. The van der Waals surface area contributed by atoms with Gasteiger partial charge in [-0.25, -0.2) is 4.79 Å². The molecule has 0 atom stereocenters. The van der Waals surface area contributed by atoms with Crippen molar-refractivity contribution < 1.29 is 9.53 Å². The summed E-state index contributed by atoms with van der Waals surface area (Å²) < 4.78 is 5.91. The lowest BCUT2D eigenvalue weighted by atomic mass is 10.3. The number of carbonyl (C=O) groups is 1. The van der Waals surface area contributed by atoms with Crippen LogP contribution < -0.4 is 5.49 Å². The van der Waals surface area contributed by atoms with Crippen molar-refractivity contribution in [2.75, 3.05) is 7.11 Å². The highest BCUT2D eigenvalue weighted by atomic mass is 16.5. The summed E-state index contributed by atoms with van der Waals surface area (Å²) in [7, 11) is 3.00. The minimum absolute atomic E-state index is 0.479. The molecular formula is C11H19N3O2. The average Bonchev–Trinajstić information content (AvgIpc) is 2.24. The van der Waals surface area contributed by atoms with Crippen LogP contribution in [0.25, 0.3) is 0 Å². The van der Waals surface area contributed by atoms with Gasteiger partial charge in [0.1, 0.15) is 0 Å². The van der Waals surface area contributed by atoms with Crippen molar-refractivity contribution in [3.63, 3.8) is 0 Å². The minimum atomic E-state index is -0.622. The van der Waals surface area contributed by atoms with E-state index in [2.05, 4.69) is 28.7 Å². The summed E-state index contributed by atoms with van der Waals surface area (Å²) in [5, 5.41) is 3.98. The second-order valence-electron chi connectivity index (χ2n) is 3.30. The summed E-state index contributed by atoms with van der Waals surface area (Å²) in [5.41, 5.74) is 1.42. The molecule has 0 N–H and O–H groups in total. The summed E-state index contributed by atoms with van der Waals surface area (Å²) in [6.45, 7) is 6.13. The van der Waals surface area contributed by atoms with Gasteiger partial charge in [-0.15, -0.1) is 0 Å². The van der Waals surface area contributed by atoms with Crippen molar-refractivity contribution in [1.29, 1.82) is 0 Å². The molecular weight excluding hydrogens is 206 g/mol. The first-order valence-corrected chi connectivity index (χ1v) is 5.17. The highest BCUT2D eigenvalue weighted by Crippen LogP contribution is 1.86. The number of ether oxygens (including phenoxy) is 1. The Morgan fingerprint density at radius 3 is 2.62 bits per heavy atom. The SMILES string of the molecule is CCC.COC(=O)/N=c1/cc(C)cnn1C. The zero-order chi connectivity index (χ0) is 12.6. The lowest BCUT2D eigenvalue weighted by Crippen LogP contribution is -2.22. The lowest BCUT2D eigenvalue weighted by Gasteiger charge is -1.98. The molecule has 1 amide bonds. The topological polar surface area (TPSA) is 56.5 Å². The molecule has 16 heavy (non-hydrogen) atoms. The Morgan fingerprint density at radius 1 is 1.56 bits per heavy atom. The van der Waals surface area contributed by atoms with Gasteiger partial charge in [0.2, 0.25) is 0 Å². The highest BCUT2D eigenvalue weighted by molar-refractivity contribution is 5.67. The zero-order valence-corrected chi connectivity index (χ0v) is 10.5. The normalized spacial score (nSPS) is 10.4. The molecule has 1 heterocycles. The van der Waals surface area contributed by atoms with Crippen molar-refractivity contribution in [3.8, 4) is 0 Å². The summed E-state index contributed by atoms with van der Waals surface area (Å²) in [5.74, 6) is 0. The molecule has 0 fully saturated rings. The van der Waals surface area contributed by atoms with E-state index in [0.29, 0.717) is 5.49 Å². The molecule has 0 aliphatic carbocycles. The predicted octanol–water partition coefficient (Wildman–Crippen LogP) is 1.81. The second-order valence-corrected chi connectivity index (χ2v) is 3.30. The quantitative estimate of drug-likeness (QED) is 0.676. The Balaban J connectivity index is 0.000000673. The van der Waals surface area contributed by atoms with Gasteiger partial charge in [0.15, 0.2) is 5.49 Å². The fourth-order valence-electron chi connectivity index (χ4n) is 0.815. The maximum Gasteiger partial charge on any atom is 0.435 e. The molecule has 0 aliphatic heterocycles. The molecule has 1 aromatic heterocycles. The van der Waals surface area contributed by atoms with Gasteiger partial charge in [-0.05, 0) is 18.6 Å². The van der Waals surface area contributed by atoms with Crippen LogP contribution in [0.4, 0.5) is 4.79 Å². The van der Waals surface area contributed by atoms with Crippen LogP contribution in [0.5, 0.6) is 0 Å². The molecule has 0 saturated carbocycles. The fourth-order valence-corrected chi connectivity index (χ4v) is 0.815. The van der Waals surface area contributed by atoms with Gasteiger partial charge < -0.3 is 4.74 Å². The number of carbonyl (C=O) groups excluding carboxylic acids is 1. The smallest absolute Gasteiger partial charge is 0.435 e. The number of hydrogen-bond donors (Lipinski definition) is 0. The first kappa shape index (κ1) is 14.3. The van der Waals surface area contributed by atoms with Gasteiger partial charge in [0.05, 0.1) is 13.3 Å². The van der Waals surface area contributed by atoms with E-state index in [4.69, 9.17) is 0 Å². The molecule has 5 heteroatoms. The first-order valence-electron chi connectivity index (χ1n) is 5.17. The van der Waals surface area contributed by atoms with E-state index in [1.54, 1.807) is 19.3 Å². The van der Waals surface area contributed by atoms with Crippen LogP contribution in [-0.2, 0) is 11.8 Å². The molecule has 1 rings (SSSR count). The molecule has 5 nitrogen and oxygen atoms in total. The van der Waals surface area contributed by atoms with Gasteiger partial charge in [0.25, 0.3) is 0 Å². The highest BCUT2D eigenvalue weighted by Gasteiger charge is 1.96. The fraction of sp³-hybridized carbons (Fsp3) is 0.545. The number of aromatic nitrogens is 2. The van der Waals surface area contributed by atoms with Crippen LogP contribution in [0.1, 0.15) is 25.8 Å². The van der Waals surface area contributed by atoms with E-state index in [1.807, 2.05) is 6.92 Å². The minimum Gasteiger partial charge on any atom is -0.451 e. The average molecular weight is 225 g/mol. The van der Waals surface area contributed by atoms with Crippen LogP contribution in [0.3, 0.4) is 0 Å². The van der Waals surface area contributed by atoms with Crippen LogP contribution in [0.15, 0.2) is 17.3 Å². The summed E-state index contributed by atoms with van der Waals surface area (Å²) in [6.07, 6.45) is 2.32. The van der Waals surface area contributed by atoms with E-state index >= 15 is 0 Å². The van der Waals surface area contributed by atoms with E-state index in [9.17, 15) is 4.79 Å². The Kier molecular flexibility index (Phi) is 6.83. The molecule has 0 saturated heterocycles. The van der Waals surface area contributed by atoms with Gasteiger partial charge in [-0.2, -0.15) is 10.1 Å². The maximum absolute atomic E-state index is 10.8. The van der Waals surface area contributed by atoms with Crippen molar-refractivity contribution in [1.82, 2.24) is 9.78 Å². The predicted molar refractivity (Wildman–Crippen MR) is 61.9 cm³/mol. The van der Waals surface area contributed by atoms with Crippen LogP contribution >= 0.6 is 0 Å². The van der Waals surface area contributed by atoms with Crippen LogP contribution in [0, 0.1) is 6.92 Å². The van der Waals surface area contributed by atoms with E-state index in [-0.39, 0.29) is 0 Å². The molecule has 0 aliphatic rings. The zero-order valence-electron chi connectivity index (χ0n) is 10.5. The van der Waals surface area contributed by atoms with Gasteiger partial charge >= 0.3 is 6.09 Å². The Morgan fingerprint density at radius 2 is 2.12 bits per heavy atom. The van der Waals surface area contributed by atoms with Crippen molar-refractivity contribution in [2.45, 2.75) is 27.2 Å². The van der Waals surface area contributed by atoms with E-state index < -0.39 is 6.09 Å². The lowest BCUT2D eigenvalue weighted by molar-refractivity contribution is 0.181. The van der Waals surface area contributed by atoms with Crippen LogP contribution in [0.2, 0.25) is 0 Å². The Bertz CT molecular complexity index is 396. The number of amides is 1. The van der Waals surface area contributed by atoms with Crippen molar-refractivity contribution in [3.05, 3.63) is 23.3 Å². The number of aryl methyl sites for hydroxylation is 2. The summed E-state index contributed by atoms with van der Waals surface area (Å²) in [4.78, 5) is 14.5. The maximum atomic E-state index is 10.8. The molecule has 0 spiro atoms. The van der Waals surface area contributed by atoms with Gasteiger partial charge in [-0.3, -0.25) is 4.68 Å². The standard InChI is InChI=1S/C8H11N3O2.C3H8/c1-6-4-7(10-8(12)13-3)11(2)9-5-6;1-3-2/h4-5H,1-3H3;3H2,1-2H3/b10-7-;. The molecule has 0 unspecified atom stereocenters. The molecule has 0 bridgehead atoms. The third-order valence-corrected chi connectivity index (χ3v) is 1.50. The number of rotatable bonds is 0. The van der Waals surface area contributed by atoms with Gasteiger partial charge in [0, 0.05) is 7.05 Å². The first-order chi connectivity index (χ1) is 7.54. The number of hydrogen-bond acceptors (Lipinski definition) is 3. The number of nitrogens with zero attached hydrogens (tertiary/aromatic N) is 3. The summed E-state index contributed by atoms with van der Waals surface area (Å²) >= 11 is 0. The Labute approximate surface area is 95.8 Å². The van der Waals surface area contributed by atoms with Crippen molar-refractivity contribution >= 4 is 6.09 Å². The molecule has 90 valence electrons. The van der Waals surface area contributed by atoms with E-state index in [1.165, 1.54) is 18.2 Å². The van der Waals surface area contributed by atoms with Crippen molar-refractivity contribution in [2.24, 2.45) is 12.0 Å². The van der Waals surface area contributed by atoms with E-state index in [0.717, 1.165) is 5.56 Å². The molecule has 0 radical (unpaired) electrons. The largest absolute Gasteiger partial charge is 0.451 e. The van der Waals surface area contributed by atoms with Crippen LogP contribution in [-0.4, -0.2) is 23.0 Å². The van der Waals surface area contributed by atoms with Gasteiger partial charge in [-0.1, -0.05) is 20.3 Å². The monoisotopic (exact) mass is 225 g/mol. The third-order valence-electron chi connectivity index (χ3n) is 1.50. The summed E-state index contributed by atoms with van der Waals surface area (Å²) in [6, 6.07) is 1.75. The molecule has 1 aromatic rings.